The molecular formula is C22H22N6O2S2. The van der Waals surface area contributed by atoms with Crippen molar-refractivity contribution in [3.8, 4) is 0 Å². The molecule has 8 nitrogen and oxygen atoms in total. The summed E-state index contributed by atoms with van der Waals surface area (Å²) in [5, 5.41) is 8.96. The maximum Gasteiger partial charge on any atom is 0.263 e. The number of hydrogen-bond donors (Lipinski definition) is 2. The van der Waals surface area contributed by atoms with Gasteiger partial charge in [0.25, 0.3) is 10.0 Å². The summed E-state index contributed by atoms with van der Waals surface area (Å²) in [5.41, 5.74) is 4.69. The van der Waals surface area contributed by atoms with Crippen molar-refractivity contribution in [2.45, 2.75) is 24.3 Å². The van der Waals surface area contributed by atoms with Gasteiger partial charge in [-0.3, -0.25) is 9.40 Å². The maximum atomic E-state index is 12.7. The number of hydrogen-bond acceptors (Lipinski definition) is 7. The van der Waals surface area contributed by atoms with Crippen LogP contribution >= 0.6 is 11.5 Å². The first kappa shape index (κ1) is 20.8. The van der Waals surface area contributed by atoms with Crippen molar-refractivity contribution >= 4 is 43.2 Å². The lowest BCUT2D eigenvalue weighted by atomic mass is 9.96. The Bertz CT molecular complexity index is 1380. The molecular weight excluding hydrogens is 444 g/mol. The van der Waals surface area contributed by atoms with Crippen LogP contribution in [0.4, 0.5) is 5.13 Å². The molecule has 3 heterocycles. The molecule has 0 saturated carbocycles. The van der Waals surface area contributed by atoms with Crippen LogP contribution in [0.25, 0.3) is 16.5 Å². The molecule has 2 aromatic carbocycles. The van der Waals surface area contributed by atoms with Crippen LogP contribution in [-0.2, 0) is 16.6 Å². The SMILES string of the molecule is O=S(=O)(Nc1ncns1)c1ccc2c(cnn2Cc2ccccc2C2=CCNCCC2)c1. The molecule has 0 bridgehead atoms. The van der Waals surface area contributed by atoms with E-state index in [4.69, 9.17) is 0 Å². The third-order valence-corrected chi connectivity index (χ3v) is 7.53. The lowest BCUT2D eigenvalue weighted by Crippen LogP contribution is -2.12. The second kappa shape index (κ2) is 8.81. The quantitative estimate of drug-likeness (QED) is 0.451. The van der Waals surface area contributed by atoms with E-state index >= 15 is 0 Å². The normalized spacial score (nSPS) is 14.8. The Morgan fingerprint density at radius 1 is 1.19 bits per heavy atom. The van der Waals surface area contributed by atoms with Crippen molar-refractivity contribution in [3.63, 3.8) is 0 Å². The summed E-state index contributed by atoms with van der Waals surface area (Å²) >= 11 is 0.991. The van der Waals surface area contributed by atoms with Crippen molar-refractivity contribution in [2.75, 3.05) is 17.8 Å². The summed E-state index contributed by atoms with van der Waals surface area (Å²) in [7, 11) is -3.74. The van der Waals surface area contributed by atoms with Crippen molar-refractivity contribution in [3.05, 3.63) is 72.2 Å². The highest BCUT2D eigenvalue weighted by atomic mass is 32.2. The third-order valence-electron chi connectivity index (χ3n) is 5.48. The van der Waals surface area contributed by atoms with E-state index in [1.807, 2.05) is 10.7 Å². The zero-order valence-electron chi connectivity index (χ0n) is 17.2. The maximum absolute atomic E-state index is 12.7. The van der Waals surface area contributed by atoms with Gasteiger partial charge in [-0.05, 0) is 54.3 Å². The van der Waals surface area contributed by atoms with E-state index in [0.717, 1.165) is 48.4 Å². The highest BCUT2D eigenvalue weighted by Gasteiger charge is 2.18. The Labute approximate surface area is 190 Å². The summed E-state index contributed by atoms with van der Waals surface area (Å²) in [5.74, 6) is 0. The van der Waals surface area contributed by atoms with E-state index in [1.165, 1.54) is 23.0 Å². The highest BCUT2D eigenvalue weighted by molar-refractivity contribution is 7.93. The molecule has 0 unspecified atom stereocenters. The van der Waals surface area contributed by atoms with Crippen LogP contribution in [0.5, 0.6) is 0 Å². The van der Waals surface area contributed by atoms with Gasteiger partial charge in [0.15, 0.2) is 0 Å². The zero-order chi connectivity index (χ0) is 22.0. The minimum absolute atomic E-state index is 0.163. The minimum atomic E-state index is -3.74. The summed E-state index contributed by atoms with van der Waals surface area (Å²) in [6, 6.07) is 13.4. The average Bonchev–Trinajstić information content (AvgIpc) is 3.35. The van der Waals surface area contributed by atoms with Crippen LogP contribution < -0.4 is 10.0 Å². The van der Waals surface area contributed by atoms with Crippen molar-refractivity contribution in [1.29, 1.82) is 0 Å². The van der Waals surface area contributed by atoms with Crippen LogP contribution in [-0.4, -0.2) is 40.6 Å². The van der Waals surface area contributed by atoms with Crippen molar-refractivity contribution in [2.24, 2.45) is 0 Å². The number of aromatic nitrogens is 4. The average molecular weight is 467 g/mol. The van der Waals surface area contributed by atoms with Crippen LogP contribution in [0, 0.1) is 0 Å². The smallest absolute Gasteiger partial charge is 0.263 e. The fourth-order valence-electron chi connectivity index (χ4n) is 3.93. The molecule has 0 radical (unpaired) electrons. The molecule has 1 aliphatic heterocycles. The summed E-state index contributed by atoms with van der Waals surface area (Å²) in [6.45, 7) is 2.53. The number of fused-ring (bicyclic) bond motifs is 1. The molecule has 32 heavy (non-hydrogen) atoms. The molecule has 5 rings (SSSR count). The number of sulfonamides is 1. The number of benzene rings is 2. The number of nitrogens with one attached hydrogen (secondary N) is 2. The first-order chi connectivity index (χ1) is 15.6. The molecule has 0 aliphatic carbocycles. The Hall–Kier alpha value is -3.08. The van der Waals surface area contributed by atoms with Gasteiger partial charge in [0, 0.05) is 23.5 Å². The summed E-state index contributed by atoms with van der Waals surface area (Å²) in [6.07, 6.45) is 7.46. The predicted octanol–water partition coefficient (Wildman–Crippen LogP) is 3.50. The molecule has 164 valence electrons. The van der Waals surface area contributed by atoms with E-state index in [0.29, 0.717) is 6.54 Å². The largest absolute Gasteiger partial charge is 0.313 e. The van der Waals surface area contributed by atoms with Gasteiger partial charge in [-0.25, -0.2) is 13.4 Å². The second-order valence-corrected chi connectivity index (χ2v) is 10.0. The Balaban J connectivity index is 1.44. The van der Waals surface area contributed by atoms with Gasteiger partial charge < -0.3 is 5.32 Å². The predicted molar refractivity (Wildman–Crippen MR) is 126 cm³/mol. The lowest BCUT2D eigenvalue weighted by molar-refractivity contribution is 0.601. The van der Waals surface area contributed by atoms with Gasteiger partial charge in [-0.1, -0.05) is 30.3 Å². The first-order valence-electron chi connectivity index (χ1n) is 10.3. The van der Waals surface area contributed by atoms with E-state index in [1.54, 1.807) is 24.4 Å². The van der Waals surface area contributed by atoms with Gasteiger partial charge in [-0.15, -0.1) is 0 Å². The van der Waals surface area contributed by atoms with E-state index in [-0.39, 0.29) is 10.0 Å². The Kier molecular flexibility index (Phi) is 5.73. The van der Waals surface area contributed by atoms with E-state index < -0.39 is 10.0 Å². The van der Waals surface area contributed by atoms with Gasteiger partial charge >= 0.3 is 0 Å². The third kappa shape index (κ3) is 4.29. The number of anilines is 1. The monoisotopic (exact) mass is 466 g/mol. The first-order valence-corrected chi connectivity index (χ1v) is 12.6. The van der Waals surface area contributed by atoms with Gasteiger partial charge in [0.1, 0.15) is 6.33 Å². The Morgan fingerprint density at radius 3 is 2.97 bits per heavy atom. The molecule has 2 N–H and O–H groups in total. The molecule has 10 heteroatoms. The Morgan fingerprint density at radius 2 is 2.09 bits per heavy atom. The molecule has 0 amide bonds. The van der Waals surface area contributed by atoms with Crippen LogP contribution in [0.3, 0.4) is 0 Å². The van der Waals surface area contributed by atoms with Gasteiger partial charge in [-0.2, -0.15) is 9.47 Å². The second-order valence-electron chi connectivity index (χ2n) is 7.57. The standard InChI is InChI=1S/C22H22N6O2S2/c29-32(30,27-22-24-15-26-31-22)19-7-8-21-18(12-19)13-25-28(21)14-17-4-1-2-6-20(17)16-5-3-10-23-11-9-16/h1-2,4,6-9,12-13,15,23H,3,5,10-11,14H2,(H,24,26,27). The molecule has 0 saturated heterocycles. The van der Waals surface area contributed by atoms with E-state index in [2.05, 4.69) is 48.8 Å². The fourth-order valence-corrected chi connectivity index (χ4v) is 5.63. The molecule has 0 fully saturated rings. The van der Waals surface area contributed by atoms with Gasteiger partial charge in [0.05, 0.1) is 23.2 Å². The highest BCUT2D eigenvalue weighted by Crippen LogP contribution is 2.27. The lowest BCUT2D eigenvalue weighted by Gasteiger charge is -2.13. The molecule has 0 spiro atoms. The van der Waals surface area contributed by atoms with Crippen LogP contribution in [0.1, 0.15) is 24.0 Å². The number of nitrogens with zero attached hydrogens (tertiary/aromatic N) is 4. The molecule has 0 atom stereocenters. The van der Waals surface area contributed by atoms with Crippen LogP contribution in [0.15, 0.2) is 66.0 Å². The fraction of sp³-hybridized carbons (Fsp3) is 0.227. The van der Waals surface area contributed by atoms with Gasteiger partial charge in [0.2, 0.25) is 5.13 Å². The zero-order valence-corrected chi connectivity index (χ0v) is 18.9. The van der Waals surface area contributed by atoms with Crippen LogP contribution in [0.2, 0.25) is 0 Å². The summed E-state index contributed by atoms with van der Waals surface area (Å²) < 4.78 is 33.5. The molecule has 1 aliphatic rings. The van der Waals surface area contributed by atoms with Crippen molar-refractivity contribution in [1.82, 2.24) is 24.5 Å². The molecule has 2 aromatic heterocycles. The van der Waals surface area contributed by atoms with Crippen molar-refractivity contribution < 1.29 is 8.42 Å². The van der Waals surface area contributed by atoms with E-state index in [9.17, 15) is 8.42 Å². The number of allylic oxidation sites excluding steroid dienone is 1. The minimum Gasteiger partial charge on any atom is -0.313 e. The molecule has 4 aromatic rings. The topological polar surface area (TPSA) is 102 Å². The number of rotatable bonds is 6. The summed E-state index contributed by atoms with van der Waals surface area (Å²) in [4.78, 5) is 4.05.